The van der Waals surface area contributed by atoms with Crippen molar-refractivity contribution in [3.8, 4) is 0 Å². The van der Waals surface area contributed by atoms with Crippen molar-refractivity contribution in [3.63, 3.8) is 0 Å². The van der Waals surface area contributed by atoms with Crippen LogP contribution in [0.1, 0.15) is 40.5 Å². The number of rotatable bonds is 2. The maximum absolute atomic E-state index is 12.0. The fraction of sp³-hybridized carbons (Fsp3) is 0.929. The molecule has 1 amide bonds. The van der Waals surface area contributed by atoms with Crippen molar-refractivity contribution in [2.75, 3.05) is 27.2 Å². The maximum Gasteiger partial charge on any atom is 0.410 e. The van der Waals surface area contributed by atoms with Gasteiger partial charge in [-0.3, -0.25) is 0 Å². The first-order valence-corrected chi connectivity index (χ1v) is 6.85. The smallest absolute Gasteiger partial charge is 0.410 e. The van der Waals surface area contributed by atoms with Crippen molar-refractivity contribution in [3.05, 3.63) is 0 Å². The molecule has 18 heavy (non-hydrogen) atoms. The highest BCUT2D eigenvalue weighted by atomic mass is 16.6. The van der Waals surface area contributed by atoms with Crippen molar-refractivity contribution in [2.45, 2.75) is 52.2 Å². The van der Waals surface area contributed by atoms with Gasteiger partial charge in [0.2, 0.25) is 0 Å². The van der Waals surface area contributed by atoms with Crippen LogP contribution in [0.4, 0.5) is 4.79 Å². The molecule has 0 radical (unpaired) electrons. The van der Waals surface area contributed by atoms with Crippen molar-refractivity contribution in [1.29, 1.82) is 0 Å². The number of piperidine rings is 1. The zero-order chi connectivity index (χ0) is 13.9. The lowest BCUT2D eigenvalue weighted by atomic mass is 9.91. The van der Waals surface area contributed by atoms with Crippen LogP contribution < -0.4 is 0 Å². The van der Waals surface area contributed by atoms with Crippen LogP contribution in [0.25, 0.3) is 0 Å². The molecule has 2 atom stereocenters. The van der Waals surface area contributed by atoms with Gasteiger partial charge in [0.15, 0.2) is 0 Å². The summed E-state index contributed by atoms with van der Waals surface area (Å²) in [5.41, 5.74) is -0.406. The van der Waals surface area contributed by atoms with Gasteiger partial charge in [-0.1, -0.05) is 0 Å². The van der Waals surface area contributed by atoms with Gasteiger partial charge < -0.3 is 14.5 Å². The predicted molar refractivity (Wildman–Crippen MR) is 73.7 cm³/mol. The summed E-state index contributed by atoms with van der Waals surface area (Å²) in [6.07, 6.45) is 2.10. The lowest BCUT2D eigenvalue weighted by molar-refractivity contribution is 0.0119. The molecule has 1 rings (SSSR count). The van der Waals surface area contributed by atoms with Crippen molar-refractivity contribution < 1.29 is 9.53 Å². The number of hydrogen-bond acceptors (Lipinski definition) is 3. The first-order valence-electron chi connectivity index (χ1n) is 6.85. The molecule has 0 aromatic rings. The Bertz CT molecular complexity index is 284. The fourth-order valence-electron chi connectivity index (χ4n) is 2.32. The second kappa shape index (κ2) is 5.91. The Labute approximate surface area is 111 Å². The first kappa shape index (κ1) is 15.3. The van der Waals surface area contributed by atoms with Crippen LogP contribution in [-0.4, -0.2) is 54.7 Å². The molecule has 0 aromatic heterocycles. The minimum absolute atomic E-state index is 0.168. The summed E-state index contributed by atoms with van der Waals surface area (Å²) in [4.78, 5) is 16.1. The van der Waals surface area contributed by atoms with E-state index in [1.165, 1.54) is 6.42 Å². The number of carbonyl (C=O) groups is 1. The summed E-state index contributed by atoms with van der Waals surface area (Å²) < 4.78 is 5.44. The third kappa shape index (κ3) is 4.48. The number of hydrogen-bond donors (Lipinski definition) is 0. The van der Waals surface area contributed by atoms with Crippen molar-refractivity contribution >= 4 is 6.09 Å². The molecule has 0 aliphatic carbocycles. The van der Waals surface area contributed by atoms with E-state index in [1.54, 1.807) is 0 Å². The monoisotopic (exact) mass is 256 g/mol. The molecule has 0 N–H and O–H groups in total. The van der Waals surface area contributed by atoms with E-state index in [2.05, 4.69) is 25.9 Å². The number of ether oxygens (including phenoxy) is 1. The van der Waals surface area contributed by atoms with Gasteiger partial charge in [-0.2, -0.15) is 0 Å². The zero-order valence-electron chi connectivity index (χ0n) is 12.7. The number of likely N-dealkylation sites (tertiary alicyclic amines) is 1. The molecule has 1 aliphatic heterocycles. The average Bonchev–Trinajstić information content (AvgIpc) is 2.25. The molecule has 0 unspecified atom stereocenters. The van der Waals surface area contributed by atoms with E-state index in [1.807, 2.05) is 25.7 Å². The molecular formula is C14H28N2O2. The van der Waals surface area contributed by atoms with Gasteiger partial charge in [0.05, 0.1) is 0 Å². The Hall–Kier alpha value is -0.770. The van der Waals surface area contributed by atoms with Gasteiger partial charge in [-0.05, 0) is 60.5 Å². The Morgan fingerprint density at radius 1 is 1.39 bits per heavy atom. The molecule has 4 nitrogen and oxygen atoms in total. The molecule has 1 aliphatic rings. The number of amides is 1. The van der Waals surface area contributed by atoms with Crippen molar-refractivity contribution in [2.24, 2.45) is 5.92 Å². The van der Waals surface area contributed by atoms with E-state index in [0.717, 1.165) is 19.5 Å². The topological polar surface area (TPSA) is 32.8 Å². The van der Waals surface area contributed by atoms with E-state index in [9.17, 15) is 4.79 Å². The van der Waals surface area contributed by atoms with Gasteiger partial charge in [0, 0.05) is 19.1 Å². The largest absolute Gasteiger partial charge is 0.444 e. The highest BCUT2D eigenvalue weighted by Gasteiger charge is 2.30. The first-order chi connectivity index (χ1) is 8.20. The molecule has 0 bridgehead atoms. The third-order valence-corrected chi connectivity index (χ3v) is 3.61. The number of nitrogens with zero attached hydrogens (tertiary/aromatic N) is 2. The summed E-state index contributed by atoms with van der Waals surface area (Å²) in [6.45, 7) is 9.60. The minimum Gasteiger partial charge on any atom is -0.444 e. The minimum atomic E-state index is -0.406. The van der Waals surface area contributed by atoms with Gasteiger partial charge in [0.25, 0.3) is 0 Å². The molecule has 1 heterocycles. The van der Waals surface area contributed by atoms with Gasteiger partial charge in [-0.15, -0.1) is 0 Å². The average molecular weight is 256 g/mol. The SMILES string of the molecule is C[C@@H]([C@@H]1CCCN(C(=O)OC(C)(C)C)C1)N(C)C. The van der Waals surface area contributed by atoms with Crippen LogP contribution in [0, 0.1) is 5.92 Å². The van der Waals surface area contributed by atoms with E-state index < -0.39 is 5.60 Å². The molecule has 4 heteroatoms. The summed E-state index contributed by atoms with van der Waals surface area (Å²) >= 11 is 0. The molecule has 1 saturated heterocycles. The normalized spacial score (nSPS) is 23.1. The molecule has 1 fully saturated rings. The summed E-state index contributed by atoms with van der Waals surface area (Å²) in [5.74, 6) is 0.543. The summed E-state index contributed by atoms with van der Waals surface area (Å²) in [7, 11) is 4.19. The van der Waals surface area contributed by atoms with E-state index in [0.29, 0.717) is 12.0 Å². The Morgan fingerprint density at radius 3 is 2.50 bits per heavy atom. The zero-order valence-corrected chi connectivity index (χ0v) is 12.7. The van der Waals surface area contributed by atoms with Crippen LogP contribution >= 0.6 is 0 Å². The molecular weight excluding hydrogens is 228 g/mol. The second-order valence-corrected chi connectivity index (χ2v) is 6.53. The Kier molecular flexibility index (Phi) is 5.02. The highest BCUT2D eigenvalue weighted by molar-refractivity contribution is 5.68. The van der Waals surface area contributed by atoms with E-state index in [-0.39, 0.29) is 6.09 Å². The summed E-state index contributed by atoms with van der Waals surface area (Å²) in [5, 5.41) is 0. The summed E-state index contributed by atoms with van der Waals surface area (Å²) in [6, 6.07) is 0.496. The van der Waals surface area contributed by atoms with Gasteiger partial charge >= 0.3 is 6.09 Å². The second-order valence-electron chi connectivity index (χ2n) is 6.53. The maximum atomic E-state index is 12.0. The lowest BCUT2D eigenvalue weighted by Gasteiger charge is -2.38. The predicted octanol–water partition coefficient (Wildman–Crippen LogP) is 2.58. The van der Waals surface area contributed by atoms with Crippen LogP contribution in [-0.2, 0) is 4.74 Å². The van der Waals surface area contributed by atoms with Crippen LogP contribution in [0.3, 0.4) is 0 Å². The standard InChI is InChI=1S/C14H28N2O2/c1-11(15(5)6)12-8-7-9-16(10-12)13(17)18-14(2,3)4/h11-12H,7-10H2,1-6H3/t11-,12+/m0/s1. The molecule has 0 aromatic carbocycles. The highest BCUT2D eigenvalue weighted by Crippen LogP contribution is 2.23. The third-order valence-electron chi connectivity index (χ3n) is 3.61. The van der Waals surface area contributed by atoms with E-state index >= 15 is 0 Å². The Morgan fingerprint density at radius 2 is 2.00 bits per heavy atom. The lowest BCUT2D eigenvalue weighted by Crippen LogP contribution is -2.47. The number of carbonyl (C=O) groups excluding carboxylic acids is 1. The van der Waals surface area contributed by atoms with Gasteiger partial charge in [-0.25, -0.2) is 4.79 Å². The van der Waals surface area contributed by atoms with Crippen LogP contribution in [0.2, 0.25) is 0 Å². The van der Waals surface area contributed by atoms with Crippen molar-refractivity contribution in [1.82, 2.24) is 9.80 Å². The molecule has 0 saturated carbocycles. The fourth-order valence-corrected chi connectivity index (χ4v) is 2.32. The van der Waals surface area contributed by atoms with Crippen LogP contribution in [0.5, 0.6) is 0 Å². The molecule has 106 valence electrons. The molecule has 0 spiro atoms. The quantitative estimate of drug-likeness (QED) is 0.761. The van der Waals surface area contributed by atoms with Crippen LogP contribution in [0.15, 0.2) is 0 Å². The Balaban J connectivity index is 2.56. The van der Waals surface area contributed by atoms with Gasteiger partial charge in [0.1, 0.15) is 5.60 Å². The van der Waals surface area contributed by atoms with E-state index in [4.69, 9.17) is 4.74 Å².